The first kappa shape index (κ1) is 22.0. The molecule has 8 heteroatoms. The molecule has 1 aliphatic rings. The quantitative estimate of drug-likeness (QED) is 0.609. The third-order valence-corrected chi connectivity index (χ3v) is 5.99. The van der Waals surface area contributed by atoms with Crippen LogP contribution in [0.3, 0.4) is 0 Å². The summed E-state index contributed by atoms with van der Waals surface area (Å²) in [6.07, 6.45) is 5.25. The number of anilines is 1. The van der Waals surface area contributed by atoms with Gasteiger partial charge in [0.15, 0.2) is 0 Å². The third kappa shape index (κ3) is 4.51. The molecule has 0 aliphatic carbocycles. The zero-order chi connectivity index (χ0) is 22.5. The largest absolute Gasteiger partial charge is 0.507 e. The number of ether oxygens (including phenoxy) is 1. The van der Waals surface area contributed by atoms with Crippen molar-refractivity contribution in [3.8, 4) is 5.75 Å². The monoisotopic (exact) mass is 435 g/mol. The van der Waals surface area contributed by atoms with Gasteiger partial charge in [0.2, 0.25) is 0 Å². The van der Waals surface area contributed by atoms with Crippen molar-refractivity contribution in [3.05, 3.63) is 82.2 Å². The summed E-state index contributed by atoms with van der Waals surface area (Å²) >= 11 is 0. The van der Waals surface area contributed by atoms with Gasteiger partial charge in [0.1, 0.15) is 11.6 Å². The van der Waals surface area contributed by atoms with Gasteiger partial charge < -0.3 is 19.3 Å². The molecular formula is C24H29N5O3. The zero-order valence-electron chi connectivity index (χ0n) is 18.5. The van der Waals surface area contributed by atoms with Crippen LogP contribution in [0.4, 0.5) is 5.82 Å². The molecule has 0 amide bonds. The van der Waals surface area contributed by atoms with E-state index in [2.05, 4.69) is 19.8 Å². The van der Waals surface area contributed by atoms with Crippen molar-refractivity contribution in [2.24, 2.45) is 0 Å². The molecule has 4 heterocycles. The molecule has 1 aliphatic heterocycles. The molecule has 3 aromatic rings. The molecule has 0 bridgehead atoms. The normalized spacial score (nSPS) is 15.6. The molecule has 8 nitrogen and oxygen atoms in total. The second-order valence-corrected chi connectivity index (χ2v) is 7.93. The predicted molar refractivity (Wildman–Crippen MR) is 123 cm³/mol. The van der Waals surface area contributed by atoms with E-state index in [1.165, 1.54) is 0 Å². The summed E-state index contributed by atoms with van der Waals surface area (Å²) in [4.78, 5) is 26.6. The number of aryl methyl sites for hydroxylation is 1. The average Bonchev–Trinajstić information content (AvgIpc) is 2.83. The fourth-order valence-electron chi connectivity index (χ4n) is 4.34. The van der Waals surface area contributed by atoms with E-state index in [4.69, 9.17) is 4.74 Å². The first-order valence-electron chi connectivity index (χ1n) is 10.8. The van der Waals surface area contributed by atoms with Crippen LogP contribution in [0.1, 0.15) is 22.9 Å². The Morgan fingerprint density at radius 1 is 1.09 bits per heavy atom. The van der Waals surface area contributed by atoms with Crippen LogP contribution in [0.25, 0.3) is 0 Å². The molecule has 1 atom stereocenters. The van der Waals surface area contributed by atoms with Crippen molar-refractivity contribution >= 4 is 5.82 Å². The minimum Gasteiger partial charge on any atom is -0.507 e. The van der Waals surface area contributed by atoms with Crippen molar-refractivity contribution in [1.82, 2.24) is 19.4 Å². The number of pyridine rings is 3. The lowest BCUT2D eigenvalue weighted by molar-refractivity contribution is 0.183. The fraction of sp³-hybridized carbons (Fsp3) is 0.375. The number of aromatic nitrogens is 3. The lowest BCUT2D eigenvalue weighted by Crippen LogP contribution is -2.49. The van der Waals surface area contributed by atoms with E-state index in [0.29, 0.717) is 24.4 Å². The van der Waals surface area contributed by atoms with E-state index in [1.807, 2.05) is 37.3 Å². The highest BCUT2D eigenvalue weighted by molar-refractivity contribution is 5.42. The number of hydrogen-bond donors (Lipinski definition) is 1. The van der Waals surface area contributed by atoms with Crippen LogP contribution in [0.5, 0.6) is 5.75 Å². The van der Waals surface area contributed by atoms with Gasteiger partial charge >= 0.3 is 0 Å². The van der Waals surface area contributed by atoms with E-state index < -0.39 is 0 Å². The van der Waals surface area contributed by atoms with Gasteiger partial charge in [0.05, 0.1) is 18.2 Å². The Morgan fingerprint density at radius 2 is 1.84 bits per heavy atom. The van der Waals surface area contributed by atoms with E-state index in [-0.39, 0.29) is 17.4 Å². The first-order valence-corrected chi connectivity index (χ1v) is 10.8. The lowest BCUT2D eigenvalue weighted by atomic mass is 9.96. The molecule has 1 fully saturated rings. The number of nitrogens with zero attached hydrogens (tertiary/aromatic N) is 5. The highest BCUT2D eigenvalue weighted by atomic mass is 16.5. The van der Waals surface area contributed by atoms with Crippen molar-refractivity contribution in [2.45, 2.75) is 19.5 Å². The van der Waals surface area contributed by atoms with Crippen molar-refractivity contribution < 1.29 is 9.84 Å². The fourth-order valence-corrected chi connectivity index (χ4v) is 4.34. The van der Waals surface area contributed by atoms with E-state index >= 15 is 0 Å². The van der Waals surface area contributed by atoms with Gasteiger partial charge in [-0.2, -0.15) is 0 Å². The Kier molecular flexibility index (Phi) is 6.82. The maximum absolute atomic E-state index is 13.5. The van der Waals surface area contributed by atoms with Crippen LogP contribution >= 0.6 is 0 Å². The topological polar surface area (TPSA) is 83.7 Å². The SMILES string of the molecule is COCCn1c(C)cc(O)c([C@H](c2ccncc2)N2CCN(c3ccccn3)CC2)c1=O. The Balaban J connectivity index is 1.70. The smallest absolute Gasteiger partial charge is 0.259 e. The summed E-state index contributed by atoms with van der Waals surface area (Å²) in [5.41, 5.74) is 1.85. The molecule has 3 aromatic heterocycles. The maximum Gasteiger partial charge on any atom is 0.259 e. The first-order chi connectivity index (χ1) is 15.6. The zero-order valence-corrected chi connectivity index (χ0v) is 18.5. The number of methoxy groups -OCH3 is 1. The van der Waals surface area contributed by atoms with Gasteiger partial charge in [-0.05, 0) is 42.8 Å². The van der Waals surface area contributed by atoms with E-state index in [9.17, 15) is 9.90 Å². The Labute approximate surface area is 187 Å². The Morgan fingerprint density at radius 3 is 2.50 bits per heavy atom. The summed E-state index contributed by atoms with van der Waals surface area (Å²) in [5, 5.41) is 10.9. The van der Waals surface area contributed by atoms with Gasteiger partial charge in [-0.1, -0.05) is 6.07 Å². The van der Waals surface area contributed by atoms with Crippen molar-refractivity contribution in [2.75, 3.05) is 44.8 Å². The molecule has 4 rings (SSSR count). The second kappa shape index (κ2) is 9.93. The standard InChI is InChI=1S/C24H29N5O3/c1-18-17-20(30)22(24(31)29(18)15-16-32-2)23(19-6-9-25-10-7-19)28-13-11-27(12-14-28)21-5-3-4-8-26-21/h3-10,17,23,30H,11-16H2,1-2H3/t23-/m0/s1. The minimum absolute atomic E-state index is 0.0233. The molecule has 0 unspecified atom stereocenters. The summed E-state index contributed by atoms with van der Waals surface area (Å²) in [7, 11) is 1.61. The average molecular weight is 436 g/mol. The van der Waals surface area contributed by atoms with E-state index in [1.54, 1.807) is 36.3 Å². The molecule has 32 heavy (non-hydrogen) atoms. The molecule has 168 valence electrons. The van der Waals surface area contributed by atoms with Crippen LogP contribution in [0.15, 0.2) is 59.8 Å². The van der Waals surface area contributed by atoms with Gasteiger partial charge in [-0.3, -0.25) is 14.7 Å². The highest BCUT2D eigenvalue weighted by Gasteiger charge is 2.31. The predicted octanol–water partition coefficient (Wildman–Crippen LogP) is 2.21. The van der Waals surface area contributed by atoms with Crippen LogP contribution in [0, 0.1) is 6.92 Å². The number of piperazine rings is 1. The number of hydrogen-bond acceptors (Lipinski definition) is 7. The van der Waals surface area contributed by atoms with Gasteiger partial charge in [-0.15, -0.1) is 0 Å². The molecule has 0 radical (unpaired) electrons. The summed E-state index contributed by atoms with van der Waals surface area (Å²) in [6.45, 7) is 5.71. The molecular weight excluding hydrogens is 406 g/mol. The summed E-state index contributed by atoms with van der Waals surface area (Å²) in [5.74, 6) is 0.975. The molecule has 0 saturated carbocycles. The number of aromatic hydroxyl groups is 1. The van der Waals surface area contributed by atoms with Crippen LogP contribution in [-0.4, -0.2) is 64.4 Å². The Bertz CT molecular complexity index is 1080. The Hall–Kier alpha value is -3.23. The van der Waals surface area contributed by atoms with Gasteiger partial charge in [-0.25, -0.2) is 4.98 Å². The highest BCUT2D eigenvalue weighted by Crippen LogP contribution is 2.33. The molecule has 0 aromatic carbocycles. The minimum atomic E-state index is -0.370. The number of rotatable bonds is 7. The van der Waals surface area contributed by atoms with Crippen molar-refractivity contribution in [1.29, 1.82) is 0 Å². The van der Waals surface area contributed by atoms with Crippen LogP contribution in [-0.2, 0) is 11.3 Å². The molecule has 1 saturated heterocycles. The van der Waals surface area contributed by atoms with Gasteiger partial charge in [0, 0.05) is 64.1 Å². The maximum atomic E-state index is 13.5. The third-order valence-electron chi connectivity index (χ3n) is 5.99. The lowest BCUT2D eigenvalue weighted by Gasteiger charge is -2.40. The summed E-state index contributed by atoms with van der Waals surface area (Å²) in [6, 6.07) is 11.0. The van der Waals surface area contributed by atoms with E-state index in [0.717, 1.165) is 37.6 Å². The second-order valence-electron chi connectivity index (χ2n) is 7.93. The van der Waals surface area contributed by atoms with Crippen molar-refractivity contribution in [3.63, 3.8) is 0 Å². The molecule has 0 spiro atoms. The molecule has 1 N–H and O–H groups in total. The summed E-state index contributed by atoms with van der Waals surface area (Å²) < 4.78 is 6.87. The van der Waals surface area contributed by atoms with Gasteiger partial charge in [0.25, 0.3) is 5.56 Å². The van der Waals surface area contributed by atoms with Crippen LogP contribution < -0.4 is 10.5 Å². The van der Waals surface area contributed by atoms with Crippen LogP contribution in [0.2, 0.25) is 0 Å².